The standard InChI is InChI=1S/C14H8F3NO/c15-14(16,17)11-5-3-6-12(8-11)19-13-7-2-1-4-10(13)9-18/h1-8H. The third kappa shape index (κ3) is 3.05. The van der Waals surface area contributed by atoms with E-state index in [9.17, 15) is 13.2 Å². The van der Waals surface area contributed by atoms with Gasteiger partial charge in [-0.25, -0.2) is 0 Å². The Kier molecular flexibility index (Phi) is 3.43. The summed E-state index contributed by atoms with van der Waals surface area (Å²) in [5.41, 5.74) is -0.528. The molecule has 0 aliphatic carbocycles. The molecular formula is C14H8F3NO. The Hall–Kier alpha value is -2.48. The number of rotatable bonds is 2. The van der Waals surface area contributed by atoms with Gasteiger partial charge in [0.05, 0.1) is 11.1 Å². The van der Waals surface area contributed by atoms with Gasteiger partial charge in [-0.1, -0.05) is 18.2 Å². The molecule has 0 N–H and O–H groups in total. The van der Waals surface area contributed by atoms with Crippen molar-refractivity contribution in [3.63, 3.8) is 0 Å². The van der Waals surface area contributed by atoms with Gasteiger partial charge in [0.1, 0.15) is 17.6 Å². The molecule has 2 nitrogen and oxygen atoms in total. The molecule has 0 saturated heterocycles. The Balaban J connectivity index is 2.32. The van der Waals surface area contributed by atoms with Gasteiger partial charge in [0.25, 0.3) is 0 Å². The smallest absolute Gasteiger partial charge is 0.416 e. The summed E-state index contributed by atoms with van der Waals surface area (Å²) >= 11 is 0. The van der Waals surface area contributed by atoms with Crippen molar-refractivity contribution in [1.82, 2.24) is 0 Å². The van der Waals surface area contributed by atoms with E-state index in [0.717, 1.165) is 12.1 Å². The molecule has 0 fully saturated rings. The zero-order chi connectivity index (χ0) is 13.9. The van der Waals surface area contributed by atoms with Crippen molar-refractivity contribution in [3.05, 3.63) is 59.7 Å². The monoisotopic (exact) mass is 263 g/mol. The molecule has 0 bridgehead atoms. The number of nitriles is 1. The van der Waals surface area contributed by atoms with Gasteiger partial charge in [-0.05, 0) is 30.3 Å². The molecule has 0 spiro atoms. The van der Waals surface area contributed by atoms with E-state index in [0.29, 0.717) is 0 Å². The Morgan fingerprint density at radius 1 is 1.00 bits per heavy atom. The molecule has 96 valence electrons. The zero-order valence-electron chi connectivity index (χ0n) is 9.61. The molecule has 0 heterocycles. The van der Waals surface area contributed by atoms with Gasteiger partial charge in [0.2, 0.25) is 0 Å². The Bertz CT molecular complexity index is 629. The van der Waals surface area contributed by atoms with Gasteiger partial charge in [-0.15, -0.1) is 0 Å². The predicted octanol–water partition coefficient (Wildman–Crippen LogP) is 4.37. The molecule has 2 aromatic rings. The maximum absolute atomic E-state index is 12.5. The normalized spacial score (nSPS) is 10.8. The SMILES string of the molecule is N#Cc1ccccc1Oc1cccc(C(F)(F)F)c1. The summed E-state index contributed by atoms with van der Waals surface area (Å²) in [6.07, 6.45) is -4.42. The summed E-state index contributed by atoms with van der Waals surface area (Å²) in [6.45, 7) is 0. The van der Waals surface area contributed by atoms with Gasteiger partial charge in [0.15, 0.2) is 0 Å². The minimum absolute atomic E-state index is 0.0394. The molecule has 0 atom stereocenters. The van der Waals surface area contributed by atoms with Crippen LogP contribution in [0.25, 0.3) is 0 Å². The molecule has 0 radical (unpaired) electrons. The van der Waals surface area contributed by atoms with Crippen LogP contribution >= 0.6 is 0 Å². The van der Waals surface area contributed by atoms with Crippen LogP contribution in [0.15, 0.2) is 48.5 Å². The molecule has 2 aromatic carbocycles. The molecule has 0 aromatic heterocycles. The van der Waals surface area contributed by atoms with Crippen molar-refractivity contribution >= 4 is 0 Å². The predicted molar refractivity (Wildman–Crippen MR) is 62.7 cm³/mol. The van der Waals surface area contributed by atoms with Gasteiger partial charge in [-0.2, -0.15) is 18.4 Å². The van der Waals surface area contributed by atoms with Crippen LogP contribution in [-0.4, -0.2) is 0 Å². The highest BCUT2D eigenvalue weighted by molar-refractivity contribution is 5.45. The zero-order valence-corrected chi connectivity index (χ0v) is 9.61. The molecule has 5 heteroatoms. The van der Waals surface area contributed by atoms with Crippen LogP contribution in [-0.2, 0) is 6.18 Å². The van der Waals surface area contributed by atoms with Crippen LogP contribution in [0.2, 0.25) is 0 Å². The average molecular weight is 263 g/mol. The van der Waals surface area contributed by atoms with E-state index in [1.807, 2.05) is 6.07 Å². The second kappa shape index (κ2) is 5.02. The van der Waals surface area contributed by atoms with Gasteiger partial charge in [0, 0.05) is 0 Å². The van der Waals surface area contributed by atoms with Crippen molar-refractivity contribution < 1.29 is 17.9 Å². The number of hydrogen-bond acceptors (Lipinski definition) is 2. The molecule has 0 saturated carbocycles. The largest absolute Gasteiger partial charge is 0.456 e. The van der Waals surface area contributed by atoms with Crippen LogP contribution < -0.4 is 4.74 Å². The van der Waals surface area contributed by atoms with Gasteiger partial charge in [-0.3, -0.25) is 0 Å². The van der Waals surface area contributed by atoms with E-state index in [2.05, 4.69) is 0 Å². The van der Waals surface area contributed by atoms with E-state index < -0.39 is 11.7 Å². The molecule has 0 unspecified atom stereocenters. The average Bonchev–Trinajstić information content (AvgIpc) is 2.39. The van der Waals surface area contributed by atoms with Crippen LogP contribution in [0.1, 0.15) is 11.1 Å². The number of halogens is 3. The van der Waals surface area contributed by atoms with E-state index in [4.69, 9.17) is 10.00 Å². The number of benzene rings is 2. The number of ether oxygens (including phenoxy) is 1. The first-order valence-electron chi connectivity index (χ1n) is 5.35. The highest BCUT2D eigenvalue weighted by Crippen LogP contribution is 2.33. The lowest BCUT2D eigenvalue weighted by Crippen LogP contribution is -2.04. The third-order valence-corrected chi connectivity index (χ3v) is 2.40. The lowest BCUT2D eigenvalue weighted by atomic mass is 10.2. The third-order valence-electron chi connectivity index (χ3n) is 2.40. The first kappa shape index (κ1) is 13.0. The molecule has 0 aliphatic rings. The lowest BCUT2D eigenvalue weighted by molar-refractivity contribution is -0.137. The Morgan fingerprint density at radius 3 is 2.42 bits per heavy atom. The summed E-state index contributed by atoms with van der Waals surface area (Å²) in [4.78, 5) is 0. The Labute approximate surface area is 107 Å². The maximum Gasteiger partial charge on any atom is 0.416 e. The quantitative estimate of drug-likeness (QED) is 0.806. The topological polar surface area (TPSA) is 33.0 Å². The maximum atomic E-state index is 12.5. The fourth-order valence-electron chi connectivity index (χ4n) is 1.51. The van der Waals surface area contributed by atoms with Crippen molar-refractivity contribution in [3.8, 4) is 17.6 Å². The minimum Gasteiger partial charge on any atom is -0.456 e. The molecule has 2 rings (SSSR count). The van der Waals surface area contributed by atoms with Crippen LogP contribution in [0.3, 0.4) is 0 Å². The van der Waals surface area contributed by atoms with E-state index in [-0.39, 0.29) is 17.1 Å². The minimum atomic E-state index is -4.42. The van der Waals surface area contributed by atoms with Crippen molar-refractivity contribution in [2.45, 2.75) is 6.18 Å². The Morgan fingerprint density at radius 2 is 1.74 bits per heavy atom. The summed E-state index contributed by atoms with van der Waals surface area (Å²) in [6, 6.07) is 12.8. The van der Waals surface area contributed by atoms with Gasteiger partial charge >= 0.3 is 6.18 Å². The highest BCUT2D eigenvalue weighted by Gasteiger charge is 2.30. The molecule has 0 aliphatic heterocycles. The lowest BCUT2D eigenvalue weighted by Gasteiger charge is -2.10. The van der Waals surface area contributed by atoms with E-state index in [1.165, 1.54) is 24.3 Å². The van der Waals surface area contributed by atoms with Crippen molar-refractivity contribution in [1.29, 1.82) is 5.26 Å². The fraction of sp³-hybridized carbons (Fsp3) is 0.0714. The number of para-hydroxylation sites is 1. The summed E-state index contributed by atoms with van der Waals surface area (Å²) < 4.78 is 42.9. The highest BCUT2D eigenvalue weighted by atomic mass is 19.4. The van der Waals surface area contributed by atoms with E-state index in [1.54, 1.807) is 12.1 Å². The summed E-state index contributed by atoms with van der Waals surface area (Å²) in [5, 5.41) is 8.87. The second-order valence-corrected chi connectivity index (χ2v) is 3.74. The number of alkyl halides is 3. The van der Waals surface area contributed by atoms with Crippen molar-refractivity contribution in [2.24, 2.45) is 0 Å². The summed E-state index contributed by atoms with van der Waals surface area (Å²) in [5.74, 6) is 0.266. The fourth-order valence-corrected chi connectivity index (χ4v) is 1.51. The van der Waals surface area contributed by atoms with Gasteiger partial charge < -0.3 is 4.74 Å². The number of nitrogens with zero attached hydrogens (tertiary/aromatic N) is 1. The molecular weight excluding hydrogens is 255 g/mol. The van der Waals surface area contributed by atoms with Crippen molar-refractivity contribution in [2.75, 3.05) is 0 Å². The first-order chi connectivity index (χ1) is 9.00. The molecule has 0 amide bonds. The number of hydrogen-bond donors (Lipinski definition) is 0. The van der Waals surface area contributed by atoms with Crippen LogP contribution in [0.5, 0.6) is 11.5 Å². The molecule has 19 heavy (non-hydrogen) atoms. The second-order valence-electron chi connectivity index (χ2n) is 3.74. The van der Waals surface area contributed by atoms with E-state index >= 15 is 0 Å². The first-order valence-corrected chi connectivity index (χ1v) is 5.35. The van der Waals surface area contributed by atoms with Crippen LogP contribution in [0.4, 0.5) is 13.2 Å². The summed E-state index contributed by atoms with van der Waals surface area (Å²) in [7, 11) is 0. The van der Waals surface area contributed by atoms with Crippen LogP contribution in [0, 0.1) is 11.3 Å².